The van der Waals surface area contributed by atoms with Crippen molar-refractivity contribution in [3.05, 3.63) is 47.8 Å². The number of amides is 1. The maximum absolute atomic E-state index is 14.0. The summed E-state index contributed by atoms with van der Waals surface area (Å²) < 4.78 is 14.0. The number of piperidine rings is 1. The van der Waals surface area contributed by atoms with E-state index in [2.05, 4.69) is 25.0 Å². The van der Waals surface area contributed by atoms with Gasteiger partial charge in [-0.3, -0.25) is 14.8 Å². The molecule has 8 heteroatoms. The number of aromatic amines is 1. The van der Waals surface area contributed by atoms with E-state index in [4.69, 9.17) is 0 Å². The van der Waals surface area contributed by atoms with Gasteiger partial charge in [-0.25, -0.2) is 9.37 Å². The van der Waals surface area contributed by atoms with Crippen LogP contribution in [0.2, 0.25) is 0 Å². The van der Waals surface area contributed by atoms with Crippen molar-refractivity contribution in [3.63, 3.8) is 0 Å². The van der Waals surface area contributed by atoms with E-state index in [1.807, 2.05) is 31.1 Å². The lowest BCUT2D eigenvalue weighted by molar-refractivity contribution is 0.0649. The predicted octanol–water partition coefficient (Wildman–Crippen LogP) is 1.86. The third-order valence-corrected chi connectivity index (χ3v) is 5.16. The zero-order chi connectivity index (χ0) is 19.9. The SMILES string of the molecule is CN(C)CCN(C[C@H]1CCCN(Cc2ccccc2F)C1)C(=O)c1ncn[nH]1. The molecule has 0 aliphatic carbocycles. The Hall–Kier alpha value is -2.32. The molecule has 0 bridgehead atoms. The molecule has 1 saturated heterocycles. The van der Waals surface area contributed by atoms with Crippen LogP contribution in [0.1, 0.15) is 29.0 Å². The van der Waals surface area contributed by atoms with Crippen LogP contribution in [0, 0.1) is 11.7 Å². The molecule has 1 N–H and O–H groups in total. The second-order valence-electron chi connectivity index (χ2n) is 7.72. The number of nitrogens with one attached hydrogen (secondary N) is 1. The van der Waals surface area contributed by atoms with Gasteiger partial charge in [-0.05, 0) is 45.5 Å². The molecule has 1 aromatic heterocycles. The summed E-state index contributed by atoms with van der Waals surface area (Å²) in [4.78, 5) is 23.0. The maximum atomic E-state index is 14.0. The molecule has 2 heterocycles. The number of likely N-dealkylation sites (N-methyl/N-ethyl adjacent to an activating group) is 1. The Kier molecular flexibility index (Phi) is 7.11. The van der Waals surface area contributed by atoms with E-state index in [1.54, 1.807) is 6.07 Å². The molecule has 1 aromatic carbocycles. The van der Waals surface area contributed by atoms with Gasteiger partial charge >= 0.3 is 0 Å². The summed E-state index contributed by atoms with van der Waals surface area (Å²) >= 11 is 0. The molecule has 7 nitrogen and oxygen atoms in total. The zero-order valence-electron chi connectivity index (χ0n) is 16.6. The predicted molar refractivity (Wildman–Crippen MR) is 105 cm³/mol. The molecule has 1 atom stereocenters. The second-order valence-corrected chi connectivity index (χ2v) is 7.72. The molecular formula is C20H29FN6O. The Bertz CT molecular complexity index is 751. The topological polar surface area (TPSA) is 68.4 Å². The van der Waals surface area contributed by atoms with Gasteiger partial charge in [-0.1, -0.05) is 18.2 Å². The summed E-state index contributed by atoms with van der Waals surface area (Å²) in [7, 11) is 3.99. The molecular weight excluding hydrogens is 359 g/mol. The van der Waals surface area contributed by atoms with Gasteiger partial charge in [0.15, 0.2) is 0 Å². The van der Waals surface area contributed by atoms with Crippen molar-refractivity contribution < 1.29 is 9.18 Å². The van der Waals surface area contributed by atoms with Gasteiger partial charge < -0.3 is 9.80 Å². The first-order chi connectivity index (χ1) is 13.5. The molecule has 0 spiro atoms. The maximum Gasteiger partial charge on any atom is 0.291 e. The summed E-state index contributed by atoms with van der Waals surface area (Å²) in [6, 6.07) is 6.94. The van der Waals surface area contributed by atoms with Crippen LogP contribution in [0.5, 0.6) is 0 Å². The van der Waals surface area contributed by atoms with E-state index in [0.717, 1.165) is 38.0 Å². The minimum absolute atomic E-state index is 0.120. The number of nitrogens with zero attached hydrogens (tertiary/aromatic N) is 5. The Balaban J connectivity index is 1.62. The highest BCUT2D eigenvalue weighted by molar-refractivity contribution is 5.90. The summed E-state index contributed by atoms with van der Waals surface area (Å²) in [6.45, 7) is 4.51. The third-order valence-electron chi connectivity index (χ3n) is 5.16. The van der Waals surface area contributed by atoms with Crippen molar-refractivity contribution in [1.29, 1.82) is 0 Å². The van der Waals surface area contributed by atoms with Crippen molar-refractivity contribution in [3.8, 4) is 0 Å². The van der Waals surface area contributed by atoms with E-state index in [-0.39, 0.29) is 17.5 Å². The highest BCUT2D eigenvalue weighted by Gasteiger charge is 2.26. The summed E-state index contributed by atoms with van der Waals surface area (Å²) in [5.74, 6) is 0.357. The van der Waals surface area contributed by atoms with Crippen LogP contribution in [-0.2, 0) is 6.54 Å². The zero-order valence-corrected chi connectivity index (χ0v) is 16.6. The number of hydrogen-bond donors (Lipinski definition) is 1. The standard InChI is InChI=1S/C20H29FN6O/c1-25(2)10-11-27(20(28)19-22-15-23-24-19)13-16-6-5-9-26(12-16)14-17-7-3-4-8-18(17)21/h3-4,7-8,15-16H,5-6,9-14H2,1-2H3,(H,22,23,24)/t16-/m0/s1. The Morgan fingerprint density at radius 2 is 2.14 bits per heavy atom. The lowest BCUT2D eigenvalue weighted by Gasteiger charge is -2.36. The molecule has 1 aliphatic rings. The minimum Gasteiger partial charge on any atom is -0.334 e. The molecule has 0 unspecified atom stereocenters. The molecule has 0 radical (unpaired) electrons. The van der Waals surface area contributed by atoms with Crippen LogP contribution in [0.4, 0.5) is 4.39 Å². The Morgan fingerprint density at radius 1 is 1.32 bits per heavy atom. The number of hydrogen-bond acceptors (Lipinski definition) is 5. The highest BCUT2D eigenvalue weighted by atomic mass is 19.1. The second kappa shape index (κ2) is 9.75. The lowest BCUT2D eigenvalue weighted by atomic mass is 9.96. The van der Waals surface area contributed by atoms with Crippen molar-refractivity contribution >= 4 is 5.91 Å². The Morgan fingerprint density at radius 3 is 2.86 bits per heavy atom. The molecule has 1 aliphatic heterocycles. The molecule has 2 aromatic rings. The number of carbonyl (C=O) groups excluding carboxylic acids is 1. The van der Waals surface area contributed by atoms with Crippen LogP contribution in [0.3, 0.4) is 0 Å². The van der Waals surface area contributed by atoms with Crippen molar-refractivity contribution in [1.82, 2.24) is 29.9 Å². The first kappa shape index (κ1) is 20.4. The van der Waals surface area contributed by atoms with E-state index in [1.165, 1.54) is 12.4 Å². The largest absolute Gasteiger partial charge is 0.334 e. The number of rotatable bonds is 8. The van der Waals surface area contributed by atoms with E-state index >= 15 is 0 Å². The van der Waals surface area contributed by atoms with Gasteiger partial charge in [0.05, 0.1) is 0 Å². The number of H-pyrrole nitrogens is 1. The fraction of sp³-hybridized carbons (Fsp3) is 0.550. The monoisotopic (exact) mass is 388 g/mol. The number of benzene rings is 1. The van der Waals surface area contributed by atoms with Gasteiger partial charge in [0.1, 0.15) is 12.1 Å². The average Bonchev–Trinajstić information content (AvgIpc) is 3.21. The van der Waals surface area contributed by atoms with Crippen molar-refractivity contribution in [2.45, 2.75) is 19.4 Å². The molecule has 1 fully saturated rings. The van der Waals surface area contributed by atoms with Crippen LogP contribution >= 0.6 is 0 Å². The minimum atomic E-state index is -0.155. The highest BCUT2D eigenvalue weighted by Crippen LogP contribution is 2.21. The van der Waals surface area contributed by atoms with Crippen LogP contribution in [-0.4, -0.2) is 82.6 Å². The summed E-state index contributed by atoms with van der Waals surface area (Å²) in [5, 5.41) is 6.47. The van der Waals surface area contributed by atoms with Crippen molar-refractivity contribution in [2.24, 2.45) is 5.92 Å². The first-order valence-corrected chi connectivity index (χ1v) is 9.78. The van der Waals surface area contributed by atoms with Crippen LogP contribution < -0.4 is 0 Å². The molecule has 3 rings (SSSR count). The van der Waals surface area contributed by atoms with E-state index in [0.29, 0.717) is 25.6 Å². The smallest absolute Gasteiger partial charge is 0.291 e. The normalized spacial score (nSPS) is 17.8. The summed E-state index contributed by atoms with van der Waals surface area (Å²) in [5.41, 5.74) is 0.727. The number of carbonyl (C=O) groups is 1. The van der Waals surface area contributed by atoms with Crippen molar-refractivity contribution in [2.75, 3.05) is 46.8 Å². The van der Waals surface area contributed by atoms with Gasteiger partial charge in [0.25, 0.3) is 5.91 Å². The fourth-order valence-electron chi connectivity index (χ4n) is 3.68. The van der Waals surface area contributed by atoms with Gasteiger partial charge in [0, 0.05) is 38.3 Å². The molecule has 0 saturated carbocycles. The van der Waals surface area contributed by atoms with Gasteiger partial charge in [0.2, 0.25) is 5.82 Å². The lowest BCUT2D eigenvalue weighted by Crippen LogP contribution is -2.45. The fourth-order valence-corrected chi connectivity index (χ4v) is 3.68. The Labute approximate surface area is 165 Å². The molecule has 28 heavy (non-hydrogen) atoms. The molecule has 1 amide bonds. The first-order valence-electron chi connectivity index (χ1n) is 9.78. The van der Waals surface area contributed by atoms with Gasteiger partial charge in [-0.15, -0.1) is 0 Å². The molecule has 152 valence electrons. The van der Waals surface area contributed by atoms with Crippen LogP contribution in [0.15, 0.2) is 30.6 Å². The number of halogens is 1. The third kappa shape index (κ3) is 5.59. The number of likely N-dealkylation sites (tertiary alicyclic amines) is 1. The van der Waals surface area contributed by atoms with E-state index in [9.17, 15) is 9.18 Å². The quantitative estimate of drug-likeness (QED) is 0.748. The average molecular weight is 388 g/mol. The number of aromatic nitrogens is 3. The van der Waals surface area contributed by atoms with Crippen LogP contribution in [0.25, 0.3) is 0 Å². The van der Waals surface area contributed by atoms with Gasteiger partial charge in [-0.2, -0.15) is 5.10 Å². The van der Waals surface area contributed by atoms with E-state index < -0.39 is 0 Å². The summed E-state index contributed by atoms with van der Waals surface area (Å²) in [6.07, 6.45) is 3.47.